The van der Waals surface area contributed by atoms with E-state index >= 15 is 0 Å². The highest BCUT2D eigenvalue weighted by molar-refractivity contribution is 7.36. The van der Waals surface area contributed by atoms with Crippen molar-refractivity contribution >= 4 is 31.3 Å². The first-order valence-electron chi connectivity index (χ1n) is 11.7. The number of carbonyl (C=O) groups excluding carboxylic acids is 1. The van der Waals surface area contributed by atoms with Crippen LogP contribution in [-0.2, 0) is 23.4 Å². The maximum atomic E-state index is 12.4. The molecule has 0 aromatic carbocycles. The number of nitrogens with zero attached hydrogens (tertiary/aromatic N) is 5. The Hall–Kier alpha value is -2.95. The van der Waals surface area contributed by atoms with Gasteiger partial charge < -0.3 is 25.1 Å². The number of fused-ring (bicyclic) bond motifs is 1. The summed E-state index contributed by atoms with van der Waals surface area (Å²) in [6, 6.07) is 1.21. The van der Waals surface area contributed by atoms with Crippen molar-refractivity contribution in [3.8, 4) is 11.9 Å². The number of rotatable bonds is 10. The van der Waals surface area contributed by atoms with E-state index < -0.39 is 44.0 Å². The summed E-state index contributed by atoms with van der Waals surface area (Å²) < 4.78 is 35.9. The molecule has 1 saturated heterocycles. The van der Waals surface area contributed by atoms with E-state index in [-0.39, 0.29) is 36.1 Å². The van der Waals surface area contributed by atoms with Gasteiger partial charge in [0.15, 0.2) is 17.4 Å². The van der Waals surface area contributed by atoms with Crippen LogP contribution >= 0.6 is 8.18 Å². The summed E-state index contributed by atoms with van der Waals surface area (Å²) in [5, 5.41) is 23.4. The fourth-order valence-corrected chi connectivity index (χ4v) is 4.42. The number of imidazole rings is 1. The Morgan fingerprint density at radius 3 is 2.78 bits per heavy atom. The second-order valence-electron chi connectivity index (χ2n) is 10.1. The van der Waals surface area contributed by atoms with Crippen LogP contribution in [0, 0.1) is 22.2 Å². The lowest BCUT2D eigenvalue weighted by molar-refractivity contribution is -0.148. The lowest BCUT2D eigenvalue weighted by atomic mass is 9.84. The molecule has 0 amide bonds. The third kappa shape index (κ3) is 6.31. The molecule has 202 valence electrons. The average molecular weight is 539 g/mol. The van der Waals surface area contributed by atoms with E-state index in [1.165, 1.54) is 24.7 Å². The molecule has 14 nitrogen and oxygen atoms in total. The number of anilines is 1. The highest BCUT2D eigenvalue weighted by atomic mass is 31.1. The Balaban J connectivity index is 1.71. The highest BCUT2D eigenvalue weighted by Gasteiger charge is 2.56. The minimum absolute atomic E-state index is 0.0620. The Labute approximate surface area is 215 Å². The summed E-state index contributed by atoms with van der Waals surface area (Å²) in [6.07, 6.45) is -1.98. The van der Waals surface area contributed by atoms with Gasteiger partial charge in [-0.15, -0.1) is 4.52 Å². The summed E-state index contributed by atoms with van der Waals surface area (Å²) in [5.74, 6) is -0.456. The molecule has 37 heavy (non-hydrogen) atoms. The molecule has 3 heterocycles. The van der Waals surface area contributed by atoms with Gasteiger partial charge in [0, 0.05) is 0 Å². The van der Waals surface area contributed by atoms with Crippen LogP contribution in [0.5, 0.6) is 5.88 Å². The van der Waals surface area contributed by atoms with Gasteiger partial charge in [-0.25, -0.2) is 4.98 Å². The Morgan fingerprint density at radius 2 is 2.16 bits per heavy atom. The smallest absolute Gasteiger partial charge is 0.476 e. The summed E-state index contributed by atoms with van der Waals surface area (Å²) >= 11 is 0. The molecule has 4 N–H and O–H groups in total. The van der Waals surface area contributed by atoms with Crippen LogP contribution < -0.4 is 15.6 Å². The van der Waals surface area contributed by atoms with E-state index in [9.17, 15) is 19.7 Å². The van der Waals surface area contributed by atoms with Crippen LogP contribution in [0.1, 0.15) is 47.8 Å². The number of hydrogen-bond donors (Lipinski definition) is 3. The molecule has 0 bridgehead atoms. The van der Waals surface area contributed by atoms with Gasteiger partial charge in [0.25, 0.3) is 0 Å². The SMILES string of the molecule is CCOc1nc(N)nc2c1ncn2[C@@H]1OC(CO[P+](=O)N[C@@H](C)C(=O)OCC(C)(C)C)[C@@H](O)[C@@]1(C)C#N. The van der Waals surface area contributed by atoms with E-state index in [1.807, 2.05) is 20.8 Å². The molecule has 1 fully saturated rings. The predicted molar refractivity (Wildman–Crippen MR) is 131 cm³/mol. The molecule has 2 aromatic heterocycles. The minimum atomic E-state index is -2.51. The number of carbonyl (C=O) groups is 1. The largest absolute Gasteiger partial charge is 0.613 e. The van der Waals surface area contributed by atoms with Crippen molar-refractivity contribution in [1.29, 1.82) is 5.26 Å². The maximum Gasteiger partial charge on any atom is 0.613 e. The van der Waals surface area contributed by atoms with E-state index in [2.05, 4.69) is 26.1 Å². The number of esters is 1. The molecule has 15 heteroatoms. The molecular formula is C22H33N7O7P+. The molecule has 2 aromatic rings. The van der Waals surface area contributed by atoms with Crippen molar-refractivity contribution in [3.05, 3.63) is 6.33 Å². The number of ether oxygens (including phenoxy) is 3. The number of nitrogens with two attached hydrogens (primary N) is 1. The standard InChI is InChI=1S/C22H33N7O7P/c1-7-33-17-14-16(26-20(24)27-17)29(11-25-14)19-22(6,9-23)15(30)13(36-19)8-35-37(32)28-12(2)18(31)34-10-21(3,4)5/h11-13,15,19,30H,7-8,10H2,1-6H3,(H,28,32)(H2,24,26,27)/q+1/t12-,13?,15+,19+,22+/m0/s1. The highest BCUT2D eigenvalue weighted by Crippen LogP contribution is 2.46. The van der Waals surface area contributed by atoms with Gasteiger partial charge in [0.05, 0.1) is 25.6 Å². The molecule has 1 aliphatic rings. The molecule has 6 atom stereocenters. The Bertz CT molecular complexity index is 1190. The van der Waals surface area contributed by atoms with E-state index in [4.69, 9.17) is 24.5 Å². The fraction of sp³-hybridized carbons (Fsp3) is 0.682. The molecule has 3 rings (SSSR count). The third-order valence-corrected chi connectivity index (χ3v) is 6.60. The second kappa shape index (κ2) is 11.2. The van der Waals surface area contributed by atoms with Gasteiger partial charge in [-0.3, -0.25) is 9.36 Å². The molecule has 0 spiro atoms. The van der Waals surface area contributed by atoms with Crippen molar-refractivity contribution < 1.29 is 33.2 Å². The van der Waals surface area contributed by atoms with Gasteiger partial charge >= 0.3 is 14.1 Å². The molecule has 0 aliphatic carbocycles. The van der Waals surface area contributed by atoms with Crippen LogP contribution in [0.3, 0.4) is 0 Å². The normalized spacial score (nSPS) is 25.0. The van der Waals surface area contributed by atoms with Crippen molar-refractivity contribution in [1.82, 2.24) is 24.6 Å². The predicted octanol–water partition coefficient (Wildman–Crippen LogP) is 1.84. The van der Waals surface area contributed by atoms with Crippen LogP contribution in [0.2, 0.25) is 0 Å². The molecular weight excluding hydrogens is 505 g/mol. The van der Waals surface area contributed by atoms with Crippen molar-refractivity contribution in [2.24, 2.45) is 10.8 Å². The first-order chi connectivity index (χ1) is 17.3. The van der Waals surface area contributed by atoms with Gasteiger partial charge in [-0.1, -0.05) is 25.9 Å². The summed E-state index contributed by atoms with van der Waals surface area (Å²) in [4.78, 5) is 24.7. The van der Waals surface area contributed by atoms with Gasteiger partial charge in [-0.2, -0.15) is 15.2 Å². The van der Waals surface area contributed by atoms with Crippen LogP contribution in [0.15, 0.2) is 6.33 Å². The minimum Gasteiger partial charge on any atom is -0.476 e. The Kier molecular flexibility index (Phi) is 8.66. The van der Waals surface area contributed by atoms with Crippen molar-refractivity contribution in [3.63, 3.8) is 0 Å². The van der Waals surface area contributed by atoms with E-state index in [1.54, 1.807) is 6.92 Å². The first-order valence-corrected chi connectivity index (χ1v) is 12.9. The zero-order valence-corrected chi connectivity index (χ0v) is 22.6. The second-order valence-corrected chi connectivity index (χ2v) is 11.1. The van der Waals surface area contributed by atoms with Crippen LogP contribution in [0.4, 0.5) is 5.95 Å². The fourth-order valence-electron chi connectivity index (χ4n) is 3.64. The number of aliphatic hydroxyl groups excluding tert-OH is 1. The van der Waals surface area contributed by atoms with Gasteiger partial charge in [0.2, 0.25) is 11.8 Å². The molecule has 0 saturated carbocycles. The van der Waals surface area contributed by atoms with Crippen LogP contribution in [-0.4, -0.2) is 68.7 Å². The maximum absolute atomic E-state index is 12.4. The zero-order valence-electron chi connectivity index (χ0n) is 21.7. The number of aliphatic hydroxyl groups is 1. The summed E-state index contributed by atoms with van der Waals surface area (Å²) in [7, 11) is -2.51. The lowest BCUT2D eigenvalue weighted by Gasteiger charge is -2.25. The zero-order chi connectivity index (χ0) is 27.5. The van der Waals surface area contributed by atoms with Crippen molar-refractivity contribution in [2.45, 2.75) is 66.0 Å². The van der Waals surface area contributed by atoms with Gasteiger partial charge in [0.1, 0.15) is 30.3 Å². The topological polar surface area (TPSA) is 197 Å². The van der Waals surface area contributed by atoms with E-state index in [0.717, 1.165) is 0 Å². The molecule has 2 unspecified atom stereocenters. The van der Waals surface area contributed by atoms with Crippen molar-refractivity contribution in [2.75, 3.05) is 25.6 Å². The third-order valence-electron chi connectivity index (χ3n) is 5.62. The average Bonchev–Trinajstić information content (AvgIpc) is 3.34. The summed E-state index contributed by atoms with van der Waals surface area (Å²) in [5.41, 5.74) is 4.74. The number of nitrogen functional groups attached to an aromatic ring is 1. The quantitative estimate of drug-likeness (QED) is 0.293. The number of nitrogens with one attached hydrogen (secondary N) is 1. The number of hydrogen-bond acceptors (Lipinski definition) is 12. The van der Waals surface area contributed by atoms with Crippen LogP contribution in [0.25, 0.3) is 11.2 Å². The van der Waals surface area contributed by atoms with Gasteiger partial charge in [-0.05, 0) is 30.8 Å². The molecule has 0 radical (unpaired) electrons. The summed E-state index contributed by atoms with van der Waals surface area (Å²) in [6.45, 7) is 10.8. The number of aromatic nitrogens is 4. The lowest BCUT2D eigenvalue weighted by Crippen LogP contribution is -2.37. The Morgan fingerprint density at radius 1 is 1.46 bits per heavy atom. The van der Waals surface area contributed by atoms with E-state index in [0.29, 0.717) is 12.1 Å². The molecule has 1 aliphatic heterocycles. The first kappa shape index (κ1) is 28.6. The monoisotopic (exact) mass is 538 g/mol. The number of nitriles is 1.